The second kappa shape index (κ2) is 4.44. The summed E-state index contributed by atoms with van der Waals surface area (Å²) >= 11 is 0. The van der Waals surface area contributed by atoms with E-state index in [4.69, 9.17) is 0 Å². The smallest absolute Gasteiger partial charge is 0.254 e. The molecular formula is C14H18N2O2. The van der Waals surface area contributed by atoms with Crippen LogP contribution in [0.2, 0.25) is 0 Å². The molecule has 1 heterocycles. The lowest BCUT2D eigenvalue weighted by Gasteiger charge is -2.28. The highest BCUT2D eigenvalue weighted by Gasteiger charge is 2.38. The zero-order valence-electron chi connectivity index (χ0n) is 10.9. The lowest BCUT2D eigenvalue weighted by atomic mass is 9.90. The van der Waals surface area contributed by atoms with Crippen molar-refractivity contribution in [1.82, 2.24) is 5.32 Å². The minimum atomic E-state index is -0.857. The Morgan fingerprint density at radius 1 is 1.22 bits per heavy atom. The molecule has 2 N–H and O–H groups in total. The second-order valence-corrected chi connectivity index (χ2v) is 5.38. The summed E-state index contributed by atoms with van der Waals surface area (Å²) in [6.45, 7) is 5.83. The first kappa shape index (κ1) is 12.6. The van der Waals surface area contributed by atoms with Crippen molar-refractivity contribution in [1.29, 1.82) is 0 Å². The third-order valence-corrected chi connectivity index (χ3v) is 3.13. The molecule has 2 rings (SSSR count). The fraction of sp³-hybridized carbons (Fsp3) is 0.429. The first-order chi connectivity index (χ1) is 8.42. The third-order valence-electron chi connectivity index (χ3n) is 3.13. The van der Waals surface area contributed by atoms with Crippen LogP contribution in [0.1, 0.15) is 37.6 Å². The zero-order chi connectivity index (χ0) is 13.3. The van der Waals surface area contributed by atoms with Crippen LogP contribution < -0.4 is 10.6 Å². The SMILES string of the molecule is CC(C)C[C@]1(C)NC(=O)c2ccccc2NC1=O. The molecule has 0 radical (unpaired) electrons. The average Bonchev–Trinajstić information content (AvgIpc) is 2.35. The number of hydrogen-bond donors (Lipinski definition) is 2. The molecule has 4 heteroatoms. The molecule has 2 amide bonds. The maximum absolute atomic E-state index is 12.3. The van der Waals surface area contributed by atoms with Gasteiger partial charge in [-0.2, -0.15) is 0 Å². The highest BCUT2D eigenvalue weighted by molar-refractivity contribution is 6.11. The summed E-state index contributed by atoms with van der Waals surface area (Å²) in [5.74, 6) is -0.0381. The van der Waals surface area contributed by atoms with Crippen molar-refractivity contribution in [2.45, 2.75) is 32.7 Å². The molecule has 0 aromatic heterocycles. The molecule has 0 saturated carbocycles. The van der Waals surface area contributed by atoms with Crippen LogP contribution >= 0.6 is 0 Å². The zero-order valence-corrected chi connectivity index (χ0v) is 10.9. The summed E-state index contributed by atoms with van der Waals surface area (Å²) in [6.07, 6.45) is 0.610. The molecule has 1 atom stereocenters. The van der Waals surface area contributed by atoms with Crippen LogP contribution in [0.3, 0.4) is 0 Å². The van der Waals surface area contributed by atoms with Gasteiger partial charge in [-0.25, -0.2) is 0 Å². The molecule has 0 bridgehead atoms. The van der Waals surface area contributed by atoms with Gasteiger partial charge in [0.05, 0.1) is 11.3 Å². The fourth-order valence-electron chi connectivity index (χ4n) is 2.39. The molecule has 0 fully saturated rings. The van der Waals surface area contributed by atoms with Crippen molar-refractivity contribution in [3.8, 4) is 0 Å². The third kappa shape index (κ3) is 2.23. The van der Waals surface area contributed by atoms with Gasteiger partial charge in [0.25, 0.3) is 5.91 Å². The van der Waals surface area contributed by atoms with E-state index in [1.807, 2.05) is 13.8 Å². The Hall–Kier alpha value is -1.84. The van der Waals surface area contributed by atoms with Crippen molar-refractivity contribution in [3.05, 3.63) is 29.8 Å². The van der Waals surface area contributed by atoms with Crippen molar-refractivity contribution < 1.29 is 9.59 Å². The quantitative estimate of drug-likeness (QED) is 0.840. The molecule has 1 aliphatic heterocycles. The Balaban J connectivity index is 2.38. The number of benzene rings is 1. The van der Waals surface area contributed by atoms with Gasteiger partial charge in [0.1, 0.15) is 5.54 Å². The van der Waals surface area contributed by atoms with Gasteiger partial charge < -0.3 is 10.6 Å². The summed E-state index contributed by atoms with van der Waals surface area (Å²) in [5, 5.41) is 5.67. The highest BCUT2D eigenvalue weighted by Crippen LogP contribution is 2.25. The Bertz CT molecular complexity index is 496. The first-order valence-electron chi connectivity index (χ1n) is 6.15. The van der Waals surface area contributed by atoms with Gasteiger partial charge in [0.15, 0.2) is 0 Å². The number of carbonyl (C=O) groups excluding carboxylic acids is 2. The number of rotatable bonds is 2. The van der Waals surface area contributed by atoms with E-state index in [9.17, 15) is 9.59 Å². The lowest BCUT2D eigenvalue weighted by Crippen LogP contribution is -2.53. The largest absolute Gasteiger partial charge is 0.338 e. The van der Waals surface area contributed by atoms with E-state index in [1.54, 1.807) is 31.2 Å². The molecular weight excluding hydrogens is 228 g/mol. The van der Waals surface area contributed by atoms with E-state index in [0.29, 0.717) is 23.6 Å². The van der Waals surface area contributed by atoms with E-state index in [-0.39, 0.29) is 11.8 Å². The predicted molar refractivity (Wildman–Crippen MR) is 70.4 cm³/mol. The van der Waals surface area contributed by atoms with Crippen LogP contribution in [-0.2, 0) is 4.79 Å². The predicted octanol–water partition coefficient (Wildman–Crippen LogP) is 2.17. The number of nitrogens with one attached hydrogen (secondary N) is 2. The maximum atomic E-state index is 12.3. The number of carbonyl (C=O) groups is 2. The first-order valence-corrected chi connectivity index (χ1v) is 6.15. The number of para-hydroxylation sites is 1. The summed E-state index contributed by atoms with van der Waals surface area (Å²) in [6, 6.07) is 7.05. The van der Waals surface area contributed by atoms with Gasteiger partial charge >= 0.3 is 0 Å². The van der Waals surface area contributed by atoms with Gasteiger partial charge in [0.2, 0.25) is 5.91 Å². The lowest BCUT2D eigenvalue weighted by molar-refractivity contribution is -0.122. The minimum Gasteiger partial charge on any atom is -0.338 e. The number of amides is 2. The summed E-state index contributed by atoms with van der Waals surface area (Å²) < 4.78 is 0. The molecule has 0 unspecified atom stereocenters. The molecule has 96 valence electrons. The number of anilines is 1. The topological polar surface area (TPSA) is 58.2 Å². The second-order valence-electron chi connectivity index (χ2n) is 5.38. The molecule has 18 heavy (non-hydrogen) atoms. The molecule has 1 aromatic rings. The molecule has 4 nitrogen and oxygen atoms in total. The van der Waals surface area contributed by atoms with E-state index in [2.05, 4.69) is 10.6 Å². The minimum absolute atomic E-state index is 0.158. The van der Waals surface area contributed by atoms with Crippen molar-refractivity contribution in [3.63, 3.8) is 0 Å². The Morgan fingerprint density at radius 3 is 2.56 bits per heavy atom. The van der Waals surface area contributed by atoms with Gasteiger partial charge in [-0.05, 0) is 31.4 Å². The Labute approximate surface area is 107 Å². The molecule has 0 saturated heterocycles. The Morgan fingerprint density at radius 2 is 1.89 bits per heavy atom. The molecule has 0 aliphatic carbocycles. The molecule has 1 aromatic carbocycles. The number of hydrogen-bond acceptors (Lipinski definition) is 2. The van der Waals surface area contributed by atoms with E-state index >= 15 is 0 Å². The van der Waals surface area contributed by atoms with Gasteiger partial charge in [-0.3, -0.25) is 9.59 Å². The van der Waals surface area contributed by atoms with Crippen LogP contribution in [0.5, 0.6) is 0 Å². The van der Waals surface area contributed by atoms with Crippen LogP contribution in [-0.4, -0.2) is 17.4 Å². The normalized spacial score (nSPS) is 23.1. The van der Waals surface area contributed by atoms with Crippen LogP contribution in [0.25, 0.3) is 0 Å². The van der Waals surface area contributed by atoms with E-state index in [1.165, 1.54) is 0 Å². The molecule has 1 aliphatic rings. The number of fused-ring (bicyclic) bond motifs is 1. The van der Waals surface area contributed by atoms with Gasteiger partial charge in [-0.1, -0.05) is 26.0 Å². The van der Waals surface area contributed by atoms with E-state index < -0.39 is 5.54 Å². The standard InChI is InChI=1S/C14H18N2O2/c1-9(2)8-14(3)13(18)15-11-7-5-4-6-10(11)12(17)16-14/h4-7,9H,8H2,1-3H3,(H,15,18)(H,16,17)/t14-/m0/s1. The highest BCUT2D eigenvalue weighted by atomic mass is 16.2. The summed E-state index contributed by atoms with van der Waals surface area (Å²) in [5.41, 5.74) is 0.232. The van der Waals surface area contributed by atoms with Crippen LogP contribution in [0, 0.1) is 5.92 Å². The average molecular weight is 246 g/mol. The monoisotopic (exact) mass is 246 g/mol. The van der Waals surface area contributed by atoms with Crippen LogP contribution in [0.4, 0.5) is 5.69 Å². The van der Waals surface area contributed by atoms with Crippen molar-refractivity contribution >= 4 is 17.5 Å². The van der Waals surface area contributed by atoms with Crippen molar-refractivity contribution in [2.75, 3.05) is 5.32 Å². The maximum Gasteiger partial charge on any atom is 0.254 e. The van der Waals surface area contributed by atoms with E-state index in [0.717, 1.165) is 0 Å². The van der Waals surface area contributed by atoms with Crippen molar-refractivity contribution in [2.24, 2.45) is 5.92 Å². The van der Waals surface area contributed by atoms with Gasteiger partial charge in [0, 0.05) is 0 Å². The fourth-order valence-corrected chi connectivity index (χ4v) is 2.39. The molecule has 0 spiro atoms. The Kier molecular flexibility index (Phi) is 3.11. The summed E-state index contributed by atoms with van der Waals surface area (Å²) in [4.78, 5) is 24.4. The van der Waals surface area contributed by atoms with Gasteiger partial charge in [-0.15, -0.1) is 0 Å². The summed E-state index contributed by atoms with van der Waals surface area (Å²) in [7, 11) is 0. The van der Waals surface area contributed by atoms with Crippen LogP contribution in [0.15, 0.2) is 24.3 Å².